The van der Waals surface area contributed by atoms with Crippen LogP contribution in [0.15, 0.2) is 24.3 Å². The number of benzene rings is 1. The summed E-state index contributed by atoms with van der Waals surface area (Å²) in [7, 11) is 0. The van der Waals surface area contributed by atoms with Crippen LogP contribution in [0.1, 0.15) is 44.1 Å². The van der Waals surface area contributed by atoms with E-state index < -0.39 is 0 Å². The van der Waals surface area contributed by atoms with Crippen molar-refractivity contribution in [1.29, 1.82) is 0 Å². The second-order valence-corrected chi connectivity index (χ2v) is 5.17. The first-order valence-corrected chi connectivity index (χ1v) is 6.90. The number of nitrogens with two attached hydrogens (primary N) is 1. The SMILES string of the molecule is Cl.Nc1ccccc1CNCCC1CCCCC1. The van der Waals surface area contributed by atoms with Gasteiger partial charge < -0.3 is 11.1 Å². The van der Waals surface area contributed by atoms with Crippen LogP contribution in [0, 0.1) is 5.92 Å². The number of para-hydroxylation sites is 1. The van der Waals surface area contributed by atoms with E-state index in [0.717, 1.165) is 24.7 Å². The molecule has 0 heterocycles. The smallest absolute Gasteiger partial charge is 0.0359 e. The first-order chi connectivity index (χ1) is 8.36. The molecule has 0 bridgehead atoms. The zero-order valence-electron chi connectivity index (χ0n) is 11.0. The number of hydrogen-bond acceptors (Lipinski definition) is 2. The Kier molecular flexibility index (Phi) is 7.14. The lowest BCUT2D eigenvalue weighted by atomic mass is 9.87. The summed E-state index contributed by atoms with van der Waals surface area (Å²) in [5, 5.41) is 3.51. The standard InChI is InChI=1S/C15H24N2.ClH/c16-15-9-5-4-8-14(15)12-17-11-10-13-6-2-1-3-7-13;/h4-5,8-9,13,17H,1-3,6-7,10-12,16H2;1H. The van der Waals surface area contributed by atoms with Gasteiger partial charge >= 0.3 is 0 Å². The third-order valence-corrected chi connectivity index (χ3v) is 3.82. The van der Waals surface area contributed by atoms with Gasteiger partial charge in [0.05, 0.1) is 0 Å². The Bertz CT molecular complexity index is 335. The van der Waals surface area contributed by atoms with Crippen molar-refractivity contribution in [3.05, 3.63) is 29.8 Å². The van der Waals surface area contributed by atoms with Crippen LogP contribution in [0.5, 0.6) is 0 Å². The van der Waals surface area contributed by atoms with Crippen LogP contribution in [0.3, 0.4) is 0 Å². The van der Waals surface area contributed by atoms with Gasteiger partial charge in [-0.1, -0.05) is 50.3 Å². The summed E-state index contributed by atoms with van der Waals surface area (Å²) in [5.41, 5.74) is 8.02. The van der Waals surface area contributed by atoms with Gasteiger partial charge in [-0.3, -0.25) is 0 Å². The monoisotopic (exact) mass is 268 g/mol. The average Bonchev–Trinajstić information content (AvgIpc) is 2.38. The molecule has 0 amide bonds. The highest BCUT2D eigenvalue weighted by Gasteiger charge is 2.12. The maximum atomic E-state index is 5.91. The van der Waals surface area contributed by atoms with Crippen LogP contribution in [-0.4, -0.2) is 6.54 Å². The molecule has 0 unspecified atom stereocenters. The molecule has 0 aliphatic heterocycles. The summed E-state index contributed by atoms with van der Waals surface area (Å²) in [5.74, 6) is 0.962. The highest BCUT2D eigenvalue weighted by molar-refractivity contribution is 5.85. The number of rotatable bonds is 5. The number of halogens is 1. The Morgan fingerprint density at radius 1 is 1.11 bits per heavy atom. The van der Waals surface area contributed by atoms with Crippen LogP contribution in [0.25, 0.3) is 0 Å². The minimum Gasteiger partial charge on any atom is -0.398 e. The fourth-order valence-corrected chi connectivity index (χ4v) is 2.70. The van der Waals surface area contributed by atoms with E-state index in [1.54, 1.807) is 0 Å². The van der Waals surface area contributed by atoms with Gasteiger partial charge in [-0.05, 0) is 30.5 Å². The van der Waals surface area contributed by atoms with Gasteiger partial charge in [-0.15, -0.1) is 12.4 Å². The molecule has 2 rings (SSSR count). The molecule has 1 aliphatic carbocycles. The molecule has 18 heavy (non-hydrogen) atoms. The summed E-state index contributed by atoms with van der Waals surface area (Å²) in [6.45, 7) is 2.03. The summed E-state index contributed by atoms with van der Waals surface area (Å²) >= 11 is 0. The summed E-state index contributed by atoms with van der Waals surface area (Å²) in [6, 6.07) is 8.11. The van der Waals surface area contributed by atoms with E-state index in [2.05, 4.69) is 17.4 Å². The maximum Gasteiger partial charge on any atom is 0.0359 e. The fourth-order valence-electron chi connectivity index (χ4n) is 2.70. The molecule has 0 saturated heterocycles. The lowest BCUT2D eigenvalue weighted by Crippen LogP contribution is -2.19. The van der Waals surface area contributed by atoms with Crippen LogP contribution in [0.4, 0.5) is 5.69 Å². The molecule has 1 aromatic rings. The van der Waals surface area contributed by atoms with Crippen molar-refractivity contribution in [2.45, 2.75) is 45.1 Å². The highest BCUT2D eigenvalue weighted by Crippen LogP contribution is 2.25. The minimum atomic E-state index is 0. The molecule has 0 atom stereocenters. The topological polar surface area (TPSA) is 38.0 Å². The molecule has 1 aliphatic rings. The molecular weight excluding hydrogens is 244 g/mol. The molecule has 1 aromatic carbocycles. The molecule has 2 nitrogen and oxygen atoms in total. The first-order valence-electron chi connectivity index (χ1n) is 6.90. The molecule has 0 aromatic heterocycles. The van der Waals surface area contributed by atoms with Crippen molar-refractivity contribution in [2.75, 3.05) is 12.3 Å². The number of hydrogen-bond donors (Lipinski definition) is 2. The Morgan fingerprint density at radius 3 is 2.56 bits per heavy atom. The van der Waals surface area contributed by atoms with Crippen molar-refractivity contribution in [3.63, 3.8) is 0 Å². The van der Waals surface area contributed by atoms with Crippen molar-refractivity contribution < 1.29 is 0 Å². The predicted octanol–water partition coefficient (Wildman–Crippen LogP) is 3.75. The van der Waals surface area contributed by atoms with E-state index in [1.165, 1.54) is 44.1 Å². The number of nitrogens with one attached hydrogen (secondary N) is 1. The Labute approximate surface area is 117 Å². The quantitative estimate of drug-likeness (QED) is 0.631. The Morgan fingerprint density at radius 2 is 1.83 bits per heavy atom. The Hall–Kier alpha value is -0.730. The summed E-state index contributed by atoms with van der Waals surface area (Å²) in [4.78, 5) is 0. The van der Waals surface area contributed by atoms with Gasteiger partial charge in [0, 0.05) is 12.2 Å². The highest BCUT2D eigenvalue weighted by atomic mass is 35.5. The first kappa shape index (κ1) is 15.3. The van der Waals surface area contributed by atoms with Gasteiger partial charge in [-0.25, -0.2) is 0 Å². The van der Waals surface area contributed by atoms with Gasteiger partial charge in [0.25, 0.3) is 0 Å². The van der Waals surface area contributed by atoms with Gasteiger partial charge in [0.2, 0.25) is 0 Å². The lowest BCUT2D eigenvalue weighted by Gasteiger charge is -2.21. The predicted molar refractivity (Wildman–Crippen MR) is 81.0 cm³/mol. The second kappa shape index (κ2) is 8.39. The van der Waals surface area contributed by atoms with Gasteiger partial charge in [0.1, 0.15) is 0 Å². The van der Waals surface area contributed by atoms with Crippen molar-refractivity contribution in [2.24, 2.45) is 5.92 Å². The van der Waals surface area contributed by atoms with Gasteiger partial charge in [-0.2, -0.15) is 0 Å². The Balaban J connectivity index is 0.00000162. The zero-order valence-corrected chi connectivity index (χ0v) is 11.8. The third kappa shape index (κ3) is 4.87. The lowest BCUT2D eigenvalue weighted by molar-refractivity contribution is 0.334. The van der Waals surface area contributed by atoms with E-state index in [4.69, 9.17) is 5.73 Å². The van der Waals surface area contributed by atoms with E-state index in [-0.39, 0.29) is 12.4 Å². The third-order valence-electron chi connectivity index (χ3n) is 3.82. The van der Waals surface area contributed by atoms with Crippen LogP contribution in [-0.2, 0) is 6.54 Å². The largest absolute Gasteiger partial charge is 0.398 e. The molecule has 3 heteroatoms. The summed E-state index contributed by atoms with van der Waals surface area (Å²) < 4.78 is 0. The molecule has 102 valence electrons. The molecule has 0 spiro atoms. The van der Waals surface area contributed by atoms with E-state index in [9.17, 15) is 0 Å². The van der Waals surface area contributed by atoms with Crippen molar-refractivity contribution in [1.82, 2.24) is 5.32 Å². The minimum absolute atomic E-state index is 0. The van der Waals surface area contributed by atoms with E-state index >= 15 is 0 Å². The van der Waals surface area contributed by atoms with E-state index in [1.807, 2.05) is 12.1 Å². The van der Waals surface area contributed by atoms with Crippen LogP contribution >= 0.6 is 12.4 Å². The molecular formula is C15H25ClN2. The number of nitrogen functional groups attached to an aromatic ring is 1. The van der Waals surface area contributed by atoms with Crippen LogP contribution < -0.4 is 11.1 Å². The molecule has 3 N–H and O–H groups in total. The fraction of sp³-hybridized carbons (Fsp3) is 0.600. The van der Waals surface area contributed by atoms with Gasteiger partial charge in [0.15, 0.2) is 0 Å². The molecule has 1 saturated carbocycles. The maximum absolute atomic E-state index is 5.91. The second-order valence-electron chi connectivity index (χ2n) is 5.17. The van der Waals surface area contributed by atoms with E-state index in [0.29, 0.717) is 0 Å². The number of anilines is 1. The zero-order chi connectivity index (χ0) is 11.9. The van der Waals surface area contributed by atoms with Crippen molar-refractivity contribution >= 4 is 18.1 Å². The summed E-state index contributed by atoms with van der Waals surface area (Å²) in [6.07, 6.45) is 8.54. The van der Waals surface area contributed by atoms with Crippen LogP contribution in [0.2, 0.25) is 0 Å². The molecule has 1 fully saturated rings. The van der Waals surface area contributed by atoms with Crippen molar-refractivity contribution in [3.8, 4) is 0 Å². The normalized spacial score (nSPS) is 16.2. The molecule has 0 radical (unpaired) electrons. The average molecular weight is 269 g/mol.